The summed E-state index contributed by atoms with van der Waals surface area (Å²) in [6.07, 6.45) is 13.8. The van der Waals surface area contributed by atoms with Gasteiger partial charge in [-0.15, -0.1) is 0 Å². The minimum Gasteiger partial charge on any atom is -0.508 e. The molecule has 0 aliphatic carbocycles. The van der Waals surface area contributed by atoms with Gasteiger partial charge in [-0.05, 0) is 80.6 Å². The number of fused-ring (bicyclic) bond motifs is 1. The van der Waals surface area contributed by atoms with Crippen LogP contribution in [0.2, 0.25) is 0 Å². The molecule has 0 unspecified atom stereocenters. The predicted octanol–water partition coefficient (Wildman–Crippen LogP) is 5.15. The summed E-state index contributed by atoms with van der Waals surface area (Å²) in [5.74, 6) is 1.76. The Hall–Kier alpha value is -4.68. The Morgan fingerprint density at radius 2 is 1.66 bits per heavy atom. The zero-order chi connectivity index (χ0) is 27.8. The van der Waals surface area contributed by atoms with Crippen molar-refractivity contribution in [1.82, 2.24) is 29.7 Å². The molecule has 4 aromatic heterocycles. The molecule has 2 fully saturated rings. The van der Waals surface area contributed by atoms with Crippen LogP contribution in [0.25, 0.3) is 27.8 Å². The number of hydrogen-bond acceptors (Lipinski definition) is 7. The van der Waals surface area contributed by atoms with Crippen LogP contribution in [-0.4, -0.2) is 55.7 Å². The zero-order valence-electron chi connectivity index (χ0n) is 22.8. The van der Waals surface area contributed by atoms with E-state index in [1.54, 1.807) is 22.8 Å². The van der Waals surface area contributed by atoms with E-state index in [9.17, 15) is 10.4 Å². The van der Waals surface area contributed by atoms with Gasteiger partial charge in [0.05, 0.1) is 29.5 Å². The van der Waals surface area contributed by atoms with E-state index in [0.29, 0.717) is 23.3 Å². The van der Waals surface area contributed by atoms with Crippen molar-refractivity contribution in [2.45, 2.75) is 37.6 Å². The summed E-state index contributed by atoms with van der Waals surface area (Å²) in [5, 5.41) is 32.0. The van der Waals surface area contributed by atoms with Gasteiger partial charge in [0.25, 0.3) is 0 Å². The Kier molecular flexibility index (Phi) is 6.61. The van der Waals surface area contributed by atoms with Gasteiger partial charge in [0.2, 0.25) is 0 Å². The molecule has 0 amide bonds. The summed E-state index contributed by atoms with van der Waals surface area (Å²) in [6.45, 7) is 3.89. The quantitative estimate of drug-likeness (QED) is 0.315. The predicted molar refractivity (Wildman–Crippen MR) is 158 cm³/mol. The summed E-state index contributed by atoms with van der Waals surface area (Å²) < 4.78 is 3.89. The topological polar surface area (TPSA) is 107 Å². The van der Waals surface area contributed by atoms with E-state index in [2.05, 4.69) is 55.6 Å². The van der Waals surface area contributed by atoms with Crippen LogP contribution in [0.5, 0.6) is 5.75 Å². The van der Waals surface area contributed by atoms with Crippen molar-refractivity contribution in [2.75, 3.05) is 31.1 Å². The second kappa shape index (κ2) is 10.7. The molecule has 1 aromatic carbocycles. The highest BCUT2D eigenvalue weighted by atomic mass is 16.3. The molecular formula is C32H32N8O. The number of phenolic OH excluding ortho intramolecular Hbond substituents is 1. The van der Waals surface area contributed by atoms with Crippen molar-refractivity contribution in [3.63, 3.8) is 0 Å². The summed E-state index contributed by atoms with van der Waals surface area (Å²) >= 11 is 0. The summed E-state index contributed by atoms with van der Waals surface area (Å²) in [4.78, 5) is 7.20. The number of benzene rings is 1. The first-order chi connectivity index (χ1) is 20.2. The van der Waals surface area contributed by atoms with E-state index < -0.39 is 0 Å². The molecule has 2 saturated heterocycles. The van der Waals surface area contributed by atoms with Crippen LogP contribution in [0.15, 0.2) is 73.4 Å². The second-order valence-electron chi connectivity index (χ2n) is 11.1. The number of nitriles is 1. The van der Waals surface area contributed by atoms with Gasteiger partial charge in [-0.1, -0.05) is 12.1 Å². The van der Waals surface area contributed by atoms with E-state index >= 15 is 0 Å². The minimum absolute atomic E-state index is 0.309. The van der Waals surface area contributed by atoms with Crippen LogP contribution in [0.1, 0.15) is 48.8 Å². The van der Waals surface area contributed by atoms with Crippen molar-refractivity contribution in [3.05, 3.63) is 84.6 Å². The highest BCUT2D eigenvalue weighted by molar-refractivity contribution is 5.87. The lowest BCUT2D eigenvalue weighted by atomic mass is 9.89. The maximum atomic E-state index is 9.80. The lowest BCUT2D eigenvalue weighted by Gasteiger charge is -2.33. The summed E-state index contributed by atoms with van der Waals surface area (Å²) in [7, 11) is 0. The maximum Gasteiger partial charge on any atom is 0.128 e. The Morgan fingerprint density at radius 1 is 0.854 bits per heavy atom. The van der Waals surface area contributed by atoms with Crippen molar-refractivity contribution in [2.24, 2.45) is 0 Å². The average molecular weight is 545 g/mol. The molecule has 2 aliphatic rings. The van der Waals surface area contributed by atoms with Crippen LogP contribution in [0.3, 0.4) is 0 Å². The first kappa shape index (κ1) is 25.3. The molecule has 0 saturated carbocycles. The van der Waals surface area contributed by atoms with Gasteiger partial charge in [-0.25, -0.2) is 9.50 Å². The smallest absolute Gasteiger partial charge is 0.128 e. The number of aromatic hydroxyl groups is 1. The first-order valence-electron chi connectivity index (χ1n) is 14.3. The number of pyridine rings is 2. The van der Waals surface area contributed by atoms with Gasteiger partial charge in [-0.3, -0.25) is 4.68 Å². The lowest BCUT2D eigenvalue weighted by Crippen LogP contribution is -2.33. The summed E-state index contributed by atoms with van der Waals surface area (Å²) in [6, 6.07) is 16.6. The van der Waals surface area contributed by atoms with Crippen LogP contribution in [-0.2, 0) is 0 Å². The van der Waals surface area contributed by atoms with Gasteiger partial charge < -0.3 is 15.3 Å². The third-order valence-electron chi connectivity index (χ3n) is 8.59. The average Bonchev–Trinajstić information content (AvgIpc) is 3.70. The molecule has 6 heterocycles. The molecule has 0 spiro atoms. The van der Waals surface area contributed by atoms with E-state index in [1.165, 1.54) is 5.56 Å². The molecule has 206 valence electrons. The number of nitrogens with one attached hydrogen (secondary N) is 1. The Bertz CT molecular complexity index is 1700. The molecule has 5 aromatic rings. The molecule has 9 heteroatoms. The Balaban J connectivity index is 1.15. The fraction of sp³-hybridized carbons (Fsp3) is 0.312. The molecule has 9 nitrogen and oxygen atoms in total. The number of hydrogen-bond donors (Lipinski definition) is 2. The van der Waals surface area contributed by atoms with Crippen molar-refractivity contribution >= 4 is 11.3 Å². The van der Waals surface area contributed by atoms with Crippen LogP contribution in [0.4, 0.5) is 5.82 Å². The standard InChI is InChI=1S/C32H32N8O/c33-16-26-18-37-40-20-25(27-19-36-39(21-27)28-7-11-34-12-8-28)15-30(32(26)40)24-3-6-31(35-17-24)38-13-9-23(10-14-38)22-1-4-29(41)5-2-22/h1-6,15,17-21,23,28,34,41H,7-14H2. The Morgan fingerprint density at radius 3 is 2.39 bits per heavy atom. The van der Waals surface area contributed by atoms with E-state index in [0.717, 1.165) is 85.5 Å². The number of nitrogens with zero attached hydrogens (tertiary/aromatic N) is 7. The third-order valence-corrected chi connectivity index (χ3v) is 8.59. The third kappa shape index (κ3) is 4.92. The van der Waals surface area contributed by atoms with Gasteiger partial charge >= 0.3 is 0 Å². The number of piperidine rings is 2. The molecule has 41 heavy (non-hydrogen) atoms. The number of anilines is 1. The molecule has 2 N–H and O–H groups in total. The summed E-state index contributed by atoms with van der Waals surface area (Å²) in [5.41, 5.74) is 6.51. The van der Waals surface area contributed by atoms with E-state index in [1.807, 2.05) is 30.7 Å². The van der Waals surface area contributed by atoms with Crippen molar-refractivity contribution in [3.8, 4) is 34.1 Å². The number of phenols is 1. The van der Waals surface area contributed by atoms with Crippen LogP contribution in [0, 0.1) is 11.3 Å². The van der Waals surface area contributed by atoms with Crippen molar-refractivity contribution < 1.29 is 5.11 Å². The molecule has 0 bridgehead atoms. The van der Waals surface area contributed by atoms with E-state index in [-0.39, 0.29) is 0 Å². The highest BCUT2D eigenvalue weighted by Crippen LogP contribution is 2.34. The fourth-order valence-electron chi connectivity index (χ4n) is 6.26. The number of aromatic nitrogens is 5. The van der Waals surface area contributed by atoms with E-state index in [4.69, 9.17) is 4.98 Å². The number of rotatable bonds is 5. The van der Waals surface area contributed by atoms with Gasteiger partial charge in [0.15, 0.2) is 0 Å². The minimum atomic E-state index is 0.309. The van der Waals surface area contributed by atoms with Gasteiger partial charge in [-0.2, -0.15) is 15.5 Å². The van der Waals surface area contributed by atoms with Gasteiger partial charge in [0, 0.05) is 53.9 Å². The van der Waals surface area contributed by atoms with Gasteiger partial charge in [0.1, 0.15) is 17.6 Å². The Labute approximate surface area is 238 Å². The SMILES string of the molecule is N#Cc1cnn2cc(-c3cnn(C4CCNCC4)c3)cc(-c3ccc(N4CCC(c5ccc(O)cc5)CC4)nc3)c12. The lowest BCUT2D eigenvalue weighted by molar-refractivity contribution is 0.343. The molecule has 2 aliphatic heterocycles. The molecule has 0 atom stereocenters. The maximum absolute atomic E-state index is 9.80. The molecule has 7 rings (SSSR count). The highest BCUT2D eigenvalue weighted by Gasteiger charge is 2.22. The molecule has 0 radical (unpaired) electrons. The largest absolute Gasteiger partial charge is 0.508 e. The first-order valence-corrected chi connectivity index (χ1v) is 14.3. The zero-order valence-corrected chi connectivity index (χ0v) is 22.8. The van der Waals surface area contributed by atoms with Crippen LogP contribution >= 0.6 is 0 Å². The fourth-order valence-corrected chi connectivity index (χ4v) is 6.26. The second-order valence-corrected chi connectivity index (χ2v) is 11.1. The monoisotopic (exact) mass is 544 g/mol. The van der Waals surface area contributed by atoms with Crippen molar-refractivity contribution in [1.29, 1.82) is 5.26 Å². The molecular weight excluding hydrogens is 512 g/mol. The normalized spacial score (nSPS) is 16.7. The van der Waals surface area contributed by atoms with Crippen LogP contribution < -0.4 is 10.2 Å².